The van der Waals surface area contributed by atoms with Crippen LogP contribution in [0.3, 0.4) is 0 Å². The van der Waals surface area contributed by atoms with Gasteiger partial charge in [-0.25, -0.2) is 0 Å². The second kappa shape index (κ2) is 6.51. The molecular weight excluding hydrogens is 262 g/mol. The molecule has 4 nitrogen and oxygen atoms in total. The van der Waals surface area contributed by atoms with E-state index in [1.807, 2.05) is 13.0 Å². The van der Waals surface area contributed by atoms with Gasteiger partial charge in [-0.2, -0.15) is 0 Å². The zero-order chi connectivity index (χ0) is 14.8. The van der Waals surface area contributed by atoms with Gasteiger partial charge in [-0.15, -0.1) is 0 Å². The van der Waals surface area contributed by atoms with Gasteiger partial charge >= 0.3 is 0 Å². The summed E-state index contributed by atoms with van der Waals surface area (Å²) in [5.41, 5.74) is 6.40. The normalized spacial score (nSPS) is 24.1. The van der Waals surface area contributed by atoms with E-state index >= 15 is 0 Å². The van der Waals surface area contributed by atoms with E-state index in [1.54, 1.807) is 0 Å². The lowest BCUT2D eigenvalue weighted by Gasteiger charge is -2.40. The highest BCUT2D eigenvalue weighted by atomic mass is 16.3. The summed E-state index contributed by atoms with van der Waals surface area (Å²) in [6.07, 6.45) is 3.86. The minimum absolute atomic E-state index is 0.144. The van der Waals surface area contributed by atoms with E-state index in [9.17, 15) is 0 Å². The average molecular weight is 291 g/mol. The summed E-state index contributed by atoms with van der Waals surface area (Å²) in [7, 11) is 0. The van der Waals surface area contributed by atoms with E-state index in [1.165, 1.54) is 32.5 Å². The first kappa shape index (κ1) is 15.1. The van der Waals surface area contributed by atoms with Gasteiger partial charge in [-0.1, -0.05) is 6.92 Å². The average Bonchev–Trinajstić information content (AvgIpc) is 3.21. The molecule has 3 rings (SSSR count). The fourth-order valence-corrected chi connectivity index (χ4v) is 3.39. The van der Waals surface area contributed by atoms with Crippen molar-refractivity contribution >= 4 is 0 Å². The van der Waals surface area contributed by atoms with Crippen molar-refractivity contribution in [2.75, 3.05) is 32.7 Å². The molecule has 4 heteroatoms. The summed E-state index contributed by atoms with van der Waals surface area (Å²) in [6, 6.07) is 4.53. The van der Waals surface area contributed by atoms with Crippen LogP contribution in [0.2, 0.25) is 0 Å². The highest BCUT2D eigenvalue weighted by molar-refractivity contribution is 5.12. The SMILES string of the molecule is CCC(N)C(c1ccc(C)o1)N1CCN(CC2CC2)CC1. The third-order valence-electron chi connectivity index (χ3n) is 4.94. The maximum Gasteiger partial charge on any atom is 0.122 e. The van der Waals surface area contributed by atoms with Gasteiger partial charge in [0.1, 0.15) is 11.5 Å². The molecule has 2 atom stereocenters. The molecule has 1 saturated heterocycles. The lowest BCUT2D eigenvalue weighted by Crippen LogP contribution is -2.51. The minimum atomic E-state index is 0.144. The molecule has 2 heterocycles. The Balaban J connectivity index is 1.63. The second-order valence-electron chi connectivity index (χ2n) is 6.75. The van der Waals surface area contributed by atoms with Gasteiger partial charge in [0.25, 0.3) is 0 Å². The highest BCUT2D eigenvalue weighted by Gasteiger charge is 2.32. The molecule has 0 radical (unpaired) electrons. The first-order chi connectivity index (χ1) is 10.2. The highest BCUT2D eigenvalue weighted by Crippen LogP contribution is 2.31. The quantitative estimate of drug-likeness (QED) is 0.874. The Bertz CT molecular complexity index is 447. The van der Waals surface area contributed by atoms with E-state index in [0.717, 1.165) is 36.9 Å². The van der Waals surface area contributed by atoms with Gasteiger partial charge in [-0.05, 0) is 44.2 Å². The number of furan rings is 1. The zero-order valence-corrected chi connectivity index (χ0v) is 13.4. The third kappa shape index (κ3) is 3.68. The number of hydrogen-bond acceptors (Lipinski definition) is 4. The van der Waals surface area contributed by atoms with E-state index in [2.05, 4.69) is 22.8 Å². The molecule has 1 aliphatic heterocycles. The fraction of sp³-hybridized carbons (Fsp3) is 0.765. The molecule has 21 heavy (non-hydrogen) atoms. The van der Waals surface area contributed by atoms with Gasteiger partial charge in [0, 0.05) is 38.8 Å². The van der Waals surface area contributed by atoms with Crippen molar-refractivity contribution in [2.45, 2.75) is 45.2 Å². The number of hydrogen-bond donors (Lipinski definition) is 1. The molecule has 0 aromatic carbocycles. The van der Waals surface area contributed by atoms with Crippen LogP contribution in [0.25, 0.3) is 0 Å². The maximum absolute atomic E-state index is 6.40. The van der Waals surface area contributed by atoms with E-state index in [-0.39, 0.29) is 12.1 Å². The van der Waals surface area contributed by atoms with Gasteiger partial charge < -0.3 is 15.1 Å². The van der Waals surface area contributed by atoms with Crippen LogP contribution in [0, 0.1) is 12.8 Å². The fourth-order valence-electron chi connectivity index (χ4n) is 3.39. The van der Waals surface area contributed by atoms with E-state index < -0.39 is 0 Å². The van der Waals surface area contributed by atoms with Crippen LogP contribution in [0.15, 0.2) is 16.5 Å². The van der Waals surface area contributed by atoms with Crippen molar-refractivity contribution in [1.82, 2.24) is 9.80 Å². The van der Waals surface area contributed by atoms with Crippen LogP contribution < -0.4 is 5.73 Å². The Hall–Kier alpha value is -0.840. The Morgan fingerprint density at radius 1 is 1.24 bits per heavy atom. The molecule has 1 aromatic rings. The van der Waals surface area contributed by atoms with Crippen molar-refractivity contribution in [1.29, 1.82) is 0 Å². The summed E-state index contributed by atoms with van der Waals surface area (Å²) in [5, 5.41) is 0. The Morgan fingerprint density at radius 2 is 1.95 bits per heavy atom. The van der Waals surface area contributed by atoms with Gasteiger partial charge in [0.05, 0.1) is 6.04 Å². The number of rotatable bonds is 6. The van der Waals surface area contributed by atoms with Crippen molar-refractivity contribution in [2.24, 2.45) is 11.7 Å². The summed E-state index contributed by atoms with van der Waals surface area (Å²) in [6.45, 7) is 10.0. The van der Waals surface area contributed by atoms with Crippen molar-refractivity contribution in [3.05, 3.63) is 23.7 Å². The van der Waals surface area contributed by atoms with Gasteiger partial charge in [0.2, 0.25) is 0 Å². The van der Waals surface area contributed by atoms with Crippen LogP contribution in [0.4, 0.5) is 0 Å². The van der Waals surface area contributed by atoms with Gasteiger partial charge in [-0.3, -0.25) is 4.90 Å². The summed E-state index contributed by atoms with van der Waals surface area (Å²) >= 11 is 0. The monoisotopic (exact) mass is 291 g/mol. The summed E-state index contributed by atoms with van der Waals surface area (Å²) in [5.74, 6) is 3.00. The molecule has 2 unspecified atom stereocenters. The standard InChI is InChI=1S/C17H29N3O/c1-3-15(18)17(16-7-4-13(2)21-16)20-10-8-19(9-11-20)12-14-5-6-14/h4,7,14-15,17H,3,5-6,8-12,18H2,1-2H3. The Kier molecular flexibility index (Phi) is 4.67. The van der Waals surface area contributed by atoms with Gasteiger partial charge in [0.15, 0.2) is 0 Å². The van der Waals surface area contributed by atoms with Crippen molar-refractivity contribution in [3.8, 4) is 0 Å². The summed E-state index contributed by atoms with van der Waals surface area (Å²) in [4.78, 5) is 5.14. The van der Waals surface area contributed by atoms with Crippen LogP contribution in [-0.4, -0.2) is 48.6 Å². The van der Waals surface area contributed by atoms with Crippen LogP contribution in [-0.2, 0) is 0 Å². The van der Waals surface area contributed by atoms with E-state index in [0.29, 0.717) is 0 Å². The molecule has 118 valence electrons. The molecule has 0 amide bonds. The molecule has 0 bridgehead atoms. The molecule has 2 fully saturated rings. The number of aryl methyl sites for hydroxylation is 1. The van der Waals surface area contributed by atoms with Crippen LogP contribution in [0.1, 0.15) is 43.7 Å². The minimum Gasteiger partial charge on any atom is -0.465 e. The number of nitrogens with two attached hydrogens (primary N) is 1. The lowest BCUT2D eigenvalue weighted by atomic mass is 10.0. The van der Waals surface area contributed by atoms with Crippen molar-refractivity contribution < 1.29 is 4.42 Å². The lowest BCUT2D eigenvalue weighted by molar-refractivity contribution is 0.0712. The topological polar surface area (TPSA) is 45.6 Å². The molecule has 0 spiro atoms. The zero-order valence-electron chi connectivity index (χ0n) is 13.4. The smallest absolute Gasteiger partial charge is 0.122 e. The Morgan fingerprint density at radius 3 is 2.48 bits per heavy atom. The third-order valence-corrected chi connectivity index (χ3v) is 4.94. The number of piperazine rings is 1. The molecule has 1 aromatic heterocycles. The first-order valence-corrected chi connectivity index (χ1v) is 8.45. The van der Waals surface area contributed by atoms with E-state index in [4.69, 9.17) is 10.2 Å². The molecule has 1 saturated carbocycles. The molecular formula is C17H29N3O. The largest absolute Gasteiger partial charge is 0.465 e. The predicted octanol–water partition coefficient (Wildman–Crippen LogP) is 2.39. The number of nitrogens with zero attached hydrogens (tertiary/aromatic N) is 2. The maximum atomic E-state index is 6.40. The molecule has 2 aliphatic rings. The Labute approximate surface area is 128 Å². The predicted molar refractivity (Wildman–Crippen MR) is 85.2 cm³/mol. The second-order valence-corrected chi connectivity index (χ2v) is 6.75. The molecule has 1 aliphatic carbocycles. The van der Waals surface area contributed by atoms with Crippen LogP contribution >= 0.6 is 0 Å². The first-order valence-electron chi connectivity index (χ1n) is 8.45. The molecule has 2 N–H and O–H groups in total. The van der Waals surface area contributed by atoms with Crippen LogP contribution in [0.5, 0.6) is 0 Å². The summed E-state index contributed by atoms with van der Waals surface area (Å²) < 4.78 is 5.89. The van der Waals surface area contributed by atoms with Crippen molar-refractivity contribution in [3.63, 3.8) is 0 Å².